The summed E-state index contributed by atoms with van der Waals surface area (Å²) < 4.78 is 13.7. The van der Waals surface area contributed by atoms with E-state index in [0.717, 1.165) is 12.0 Å². The molecule has 1 aromatic rings. The van der Waals surface area contributed by atoms with E-state index in [1.54, 1.807) is 12.1 Å². The van der Waals surface area contributed by atoms with Crippen molar-refractivity contribution in [2.24, 2.45) is 5.41 Å². The second-order valence-electron chi connectivity index (χ2n) is 7.83. The molecule has 0 atom stereocenters. The molecular weight excluding hydrogens is 319 g/mol. The van der Waals surface area contributed by atoms with E-state index in [1.165, 1.54) is 83.5 Å². The van der Waals surface area contributed by atoms with E-state index < -0.39 is 0 Å². The Balaban J connectivity index is 1.83. The fourth-order valence-corrected chi connectivity index (χ4v) is 4.43. The number of halogens is 2. The zero-order valence-electron chi connectivity index (χ0n) is 15.4. The lowest BCUT2D eigenvalue weighted by atomic mass is 9.68. The van der Waals surface area contributed by atoms with Gasteiger partial charge < -0.3 is 0 Å². The molecule has 0 N–H and O–H groups in total. The molecule has 0 radical (unpaired) electrons. The first-order valence-electron chi connectivity index (χ1n) is 10.1. The zero-order chi connectivity index (χ0) is 17.3. The van der Waals surface area contributed by atoms with E-state index in [4.69, 9.17) is 11.6 Å². The number of hydrogen-bond acceptors (Lipinski definition) is 0. The molecule has 1 saturated carbocycles. The second kappa shape index (κ2) is 10.4. The summed E-state index contributed by atoms with van der Waals surface area (Å²) in [5, 5.41) is 0.234. The van der Waals surface area contributed by atoms with Crippen LogP contribution < -0.4 is 0 Å². The first-order valence-corrected chi connectivity index (χ1v) is 10.5. The Morgan fingerprint density at radius 3 is 2.38 bits per heavy atom. The standard InChI is InChI=1S/C22H34ClF/c1-2-3-4-5-6-8-14-22(15-9-7-10-16-22)17-13-19-11-12-20(23)21(24)18-19/h11-12,18H,2-10,13-17H2,1H3. The van der Waals surface area contributed by atoms with Crippen LogP contribution >= 0.6 is 11.6 Å². The van der Waals surface area contributed by atoms with Crippen LogP contribution in [0, 0.1) is 11.2 Å². The molecule has 2 rings (SSSR count). The summed E-state index contributed by atoms with van der Waals surface area (Å²) in [5.74, 6) is -0.275. The summed E-state index contributed by atoms with van der Waals surface area (Å²) >= 11 is 5.80. The molecule has 0 unspecified atom stereocenters. The van der Waals surface area contributed by atoms with Gasteiger partial charge in [0.1, 0.15) is 5.82 Å². The number of benzene rings is 1. The van der Waals surface area contributed by atoms with E-state index in [2.05, 4.69) is 6.92 Å². The summed E-state index contributed by atoms with van der Waals surface area (Å²) in [6.45, 7) is 2.27. The molecule has 0 aliphatic heterocycles. The van der Waals surface area contributed by atoms with Crippen LogP contribution in [0.1, 0.15) is 96.0 Å². The van der Waals surface area contributed by atoms with Crippen LogP contribution in [0.3, 0.4) is 0 Å². The summed E-state index contributed by atoms with van der Waals surface area (Å²) in [4.78, 5) is 0. The van der Waals surface area contributed by atoms with E-state index in [-0.39, 0.29) is 10.8 Å². The number of unbranched alkanes of at least 4 members (excludes halogenated alkanes) is 5. The Kier molecular flexibility index (Phi) is 8.59. The Morgan fingerprint density at radius 1 is 0.958 bits per heavy atom. The molecule has 2 heteroatoms. The summed E-state index contributed by atoms with van der Waals surface area (Å²) in [6, 6.07) is 5.32. The van der Waals surface area contributed by atoms with Crippen LogP contribution in [0.15, 0.2) is 18.2 Å². The van der Waals surface area contributed by atoms with E-state index in [0.29, 0.717) is 5.41 Å². The molecule has 136 valence electrons. The molecular formula is C22H34ClF. The van der Waals surface area contributed by atoms with Gasteiger partial charge in [-0.2, -0.15) is 0 Å². The van der Waals surface area contributed by atoms with Gasteiger partial charge >= 0.3 is 0 Å². The maximum absolute atomic E-state index is 13.7. The predicted molar refractivity (Wildman–Crippen MR) is 103 cm³/mol. The minimum absolute atomic E-state index is 0.234. The van der Waals surface area contributed by atoms with Crippen molar-refractivity contribution < 1.29 is 4.39 Å². The predicted octanol–water partition coefficient (Wildman–Crippen LogP) is 8.11. The quantitative estimate of drug-likeness (QED) is 0.373. The van der Waals surface area contributed by atoms with E-state index in [1.807, 2.05) is 6.07 Å². The molecule has 0 nitrogen and oxygen atoms in total. The minimum atomic E-state index is -0.275. The molecule has 0 bridgehead atoms. The third-order valence-electron chi connectivity index (χ3n) is 5.90. The summed E-state index contributed by atoms with van der Waals surface area (Å²) in [7, 11) is 0. The van der Waals surface area contributed by atoms with Gasteiger partial charge in [0.2, 0.25) is 0 Å². The number of aryl methyl sites for hydroxylation is 1. The summed E-state index contributed by atoms with van der Waals surface area (Å²) in [6.07, 6.45) is 18.7. The lowest BCUT2D eigenvalue weighted by Crippen LogP contribution is -2.25. The maximum atomic E-state index is 13.7. The van der Waals surface area contributed by atoms with Gasteiger partial charge in [-0.25, -0.2) is 4.39 Å². The van der Waals surface area contributed by atoms with Gasteiger partial charge in [0.15, 0.2) is 0 Å². The third-order valence-corrected chi connectivity index (χ3v) is 6.21. The van der Waals surface area contributed by atoms with Gasteiger partial charge in [0, 0.05) is 0 Å². The SMILES string of the molecule is CCCCCCCCC1(CCc2ccc(Cl)c(F)c2)CCCCC1. The Bertz CT molecular complexity index is 477. The topological polar surface area (TPSA) is 0 Å². The van der Waals surface area contributed by atoms with Gasteiger partial charge in [0.05, 0.1) is 5.02 Å². The number of hydrogen-bond donors (Lipinski definition) is 0. The Hall–Kier alpha value is -0.560. The minimum Gasteiger partial charge on any atom is -0.205 e. The van der Waals surface area contributed by atoms with Crippen molar-refractivity contribution in [2.75, 3.05) is 0 Å². The first-order chi connectivity index (χ1) is 11.7. The highest BCUT2D eigenvalue weighted by molar-refractivity contribution is 6.30. The van der Waals surface area contributed by atoms with Gasteiger partial charge in [-0.15, -0.1) is 0 Å². The molecule has 0 heterocycles. The van der Waals surface area contributed by atoms with Crippen LogP contribution in [-0.4, -0.2) is 0 Å². The highest BCUT2D eigenvalue weighted by Crippen LogP contribution is 2.44. The van der Waals surface area contributed by atoms with Crippen molar-refractivity contribution >= 4 is 11.6 Å². The molecule has 1 aliphatic carbocycles. The lowest BCUT2D eigenvalue weighted by molar-refractivity contribution is 0.152. The fourth-order valence-electron chi connectivity index (χ4n) is 4.31. The highest BCUT2D eigenvalue weighted by Gasteiger charge is 2.30. The zero-order valence-corrected chi connectivity index (χ0v) is 16.1. The lowest BCUT2D eigenvalue weighted by Gasteiger charge is -2.38. The second-order valence-corrected chi connectivity index (χ2v) is 8.23. The van der Waals surface area contributed by atoms with Crippen molar-refractivity contribution in [3.8, 4) is 0 Å². The van der Waals surface area contributed by atoms with Crippen molar-refractivity contribution in [3.63, 3.8) is 0 Å². The molecule has 1 aromatic carbocycles. The monoisotopic (exact) mass is 352 g/mol. The van der Waals surface area contributed by atoms with Gasteiger partial charge in [-0.05, 0) is 55.2 Å². The van der Waals surface area contributed by atoms with Crippen LogP contribution in [0.5, 0.6) is 0 Å². The molecule has 0 amide bonds. The van der Waals surface area contributed by atoms with Crippen molar-refractivity contribution in [2.45, 2.75) is 96.8 Å². The molecule has 1 aliphatic rings. The Morgan fingerprint density at radius 2 is 1.67 bits per heavy atom. The van der Waals surface area contributed by atoms with E-state index >= 15 is 0 Å². The van der Waals surface area contributed by atoms with Gasteiger partial charge in [-0.3, -0.25) is 0 Å². The first kappa shape index (κ1) is 19.8. The Labute approximate surface area is 153 Å². The smallest absolute Gasteiger partial charge is 0.142 e. The van der Waals surface area contributed by atoms with Crippen LogP contribution in [0.25, 0.3) is 0 Å². The number of rotatable bonds is 10. The largest absolute Gasteiger partial charge is 0.205 e. The molecule has 0 saturated heterocycles. The van der Waals surface area contributed by atoms with Crippen LogP contribution in [0.2, 0.25) is 5.02 Å². The van der Waals surface area contributed by atoms with Crippen molar-refractivity contribution in [1.29, 1.82) is 0 Å². The van der Waals surface area contributed by atoms with E-state index in [9.17, 15) is 4.39 Å². The van der Waals surface area contributed by atoms with Crippen molar-refractivity contribution in [3.05, 3.63) is 34.6 Å². The average Bonchev–Trinajstić information content (AvgIpc) is 2.60. The molecule has 0 aromatic heterocycles. The fraction of sp³-hybridized carbons (Fsp3) is 0.727. The van der Waals surface area contributed by atoms with Crippen LogP contribution in [-0.2, 0) is 6.42 Å². The van der Waals surface area contributed by atoms with Crippen LogP contribution in [0.4, 0.5) is 4.39 Å². The molecule has 1 fully saturated rings. The third kappa shape index (κ3) is 6.39. The molecule has 24 heavy (non-hydrogen) atoms. The van der Waals surface area contributed by atoms with Gasteiger partial charge in [-0.1, -0.05) is 82.4 Å². The maximum Gasteiger partial charge on any atom is 0.142 e. The summed E-state index contributed by atoms with van der Waals surface area (Å²) in [5.41, 5.74) is 1.61. The van der Waals surface area contributed by atoms with Crippen molar-refractivity contribution in [1.82, 2.24) is 0 Å². The normalized spacial score (nSPS) is 17.1. The van der Waals surface area contributed by atoms with Gasteiger partial charge in [0.25, 0.3) is 0 Å². The highest BCUT2D eigenvalue weighted by atomic mass is 35.5. The average molecular weight is 353 g/mol. The molecule has 0 spiro atoms.